The Balaban J connectivity index is 1.44. The molecule has 47 heavy (non-hydrogen) atoms. The van der Waals surface area contributed by atoms with Crippen LogP contribution in [0.15, 0.2) is 150 Å². The maximum atomic E-state index is 13.1. The Kier molecular flexibility index (Phi) is 10.3. The van der Waals surface area contributed by atoms with Gasteiger partial charge in [-0.1, -0.05) is 0 Å². The molecule has 8 nitrogen and oxygen atoms in total. The number of aromatic amines is 1. The molecule has 4 aromatic carbocycles. The summed E-state index contributed by atoms with van der Waals surface area (Å²) in [6.07, 6.45) is 1.48. The van der Waals surface area contributed by atoms with Crippen molar-refractivity contribution in [2.24, 2.45) is 0 Å². The number of ether oxygens (including phenoxy) is 4. The van der Waals surface area contributed by atoms with Gasteiger partial charge in [-0.25, -0.2) is 0 Å². The molecule has 1 saturated heterocycles. The van der Waals surface area contributed by atoms with E-state index in [1.54, 1.807) is 13.2 Å². The van der Waals surface area contributed by atoms with Crippen LogP contribution in [0.2, 0.25) is 4.82 Å². The van der Waals surface area contributed by atoms with Gasteiger partial charge in [-0.05, 0) is 0 Å². The molecule has 4 atom stereocenters. The summed E-state index contributed by atoms with van der Waals surface area (Å²) >= 11 is -0.173. The third kappa shape index (κ3) is 6.95. The van der Waals surface area contributed by atoms with Crippen LogP contribution < -0.4 is 20.4 Å². The molecule has 0 unspecified atom stereocenters. The van der Waals surface area contributed by atoms with Crippen molar-refractivity contribution in [2.45, 2.75) is 28.9 Å². The molecule has 0 aliphatic carbocycles. The molecule has 0 amide bonds. The van der Waals surface area contributed by atoms with E-state index in [9.17, 15) is 9.59 Å². The number of benzene rings is 4. The first-order valence-electron chi connectivity index (χ1n) is 15.3. The molecule has 0 saturated carbocycles. The molecular weight excluding hydrogens is 659 g/mol. The predicted molar refractivity (Wildman–Crippen MR) is 182 cm³/mol. The molecule has 5 aromatic rings. The minimum atomic E-state index is -1.02. The van der Waals surface area contributed by atoms with Crippen molar-refractivity contribution in [1.29, 1.82) is 0 Å². The third-order valence-corrected chi connectivity index (χ3v) is 10.9. The van der Waals surface area contributed by atoms with E-state index in [1.165, 1.54) is 16.8 Å². The van der Waals surface area contributed by atoms with Crippen LogP contribution in [0.3, 0.4) is 0 Å². The quantitative estimate of drug-likeness (QED) is 0.108. The van der Waals surface area contributed by atoms with E-state index in [1.807, 2.05) is 78.9 Å². The van der Waals surface area contributed by atoms with Gasteiger partial charge in [-0.15, -0.1) is 0 Å². The number of aromatic nitrogens is 2. The van der Waals surface area contributed by atoms with E-state index >= 15 is 0 Å². The fourth-order valence-electron chi connectivity index (χ4n) is 5.98. The summed E-state index contributed by atoms with van der Waals surface area (Å²) in [7, 11) is 1.64. The second kappa shape index (κ2) is 14.9. The van der Waals surface area contributed by atoms with Crippen molar-refractivity contribution in [2.75, 3.05) is 20.3 Å². The van der Waals surface area contributed by atoms with Gasteiger partial charge in [0.2, 0.25) is 0 Å². The van der Waals surface area contributed by atoms with Crippen LogP contribution in [0.4, 0.5) is 0 Å². The Hall–Kier alpha value is -4.50. The Labute approximate surface area is 279 Å². The van der Waals surface area contributed by atoms with E-state index in [0.717, 1.165) is 26.9 Å². The summed E-state index contributed by atoms with van der Waals surface area (Å²) in [6, 6.07) is 39.5. The van der Waals surface area contributed by atoms with E-state index in [0.29, 0.717) is 6.61 Å². The van der Waals surface area contributed by atoms with Crippen LogP contribution in [0.1, 0.15) is 22.9 Å². The second-order valence-corrected chi connectivity index (χ2v) is 13.6. The molecular formula is C38H36N2O6Se. The van der Waals surface area contributed by atoms with Crippen molar-refractivity contribution in [1.82, 2.24) is 9.55 Å². The zero-order valence-electron chi connectivity index (χ0n) is 25.9. The summed E-state index contributed by atoms with van der Waals surface area (Å²) in [6.45, 7) is 4.30. The topological polar surface area (TPSA) is 91.8 Å². The zero-order chi connectivity index (χ0) is 32.6. The summed E-state index contributed by atoms with van der Waals surface area (Å²) in [5.74, 6) is 0.737. The molecule has 0 spiro atoms. The van der Waals surface area contributed by atoms with E-state index in [2.05, 4.69) is 48.0 Å². The number of H-pyrrole nitrogens is 1. The van der Waals surface area contributed by atoms with Crippen LogP contribution in [-0.4, -0.2) is 57.0 Å². The van der Waals surface area contributed by atoms with Crippen LogP contribution in [-0.2, 0) is 19.8 Å². The average molecular weight is 696 g/mol. The van der Waals surface area contributed by atoms with Crippen molar-refractivity contribution in [3.05, 3.63) is 178 Å². The fourth-order valence-corrected chi connectivity index (χ4v) is 8.77. The zero-order valence-corrected chi connectivity index (χ0v) is 27.7. The summed E-state index contributed by atoms with van der Waals surface area (Å²) in [4.78, 5) is 27.3. The molecule has 1 aromatic heterocycles. The Morgan fingerprint density at radius 2 is 1.45 bits per heavy atom. The molecule has 6 rings (SSSR count). The van der Waals surface area contributed by atoms with Gasteiger partial charge in [0.25, 0.3) is 0 Å². The number of hydrogen-bond donors (Lipinski definition) is 1. The number of nitrogens with one attached hydrogen (secondary N) is 1. The molecule has 2 heterocycles. The number of hydrogen-bond acceptors (Lipinski definition) is 6. The number of methoxy groups -OCH3 is 1. The summed E-state index contributed by atoms with van der Waals surface area (Å²) < 4.78 is 28.5. The normalized spacial score (nSPS) is 19.3. The van der Waals surface area contributed by atoms with Gasteiger partial charge < -0.3 is 0 Å². The van der Waals surface area contributed by atoms with Gasteiger partial charge in [-0.2, -0.15) is 0 Å². The number of nitrogens with zero attached hydrogens (tertiary/aromatic N) is 1. The minimum absolute atomic E-state index is 0.133. The fraction of sp³-hybridized carbons (Fsp3) is 0.211. The van der Waals surface area contributed by atoms with Crippen LogP contribution in [0, 0.1) is 0 Å². The Morgan fingerprint density at radius 1 is 0.851 bits per heavy atom. The summed E-state index contributed by atoms with van der Waals surface area (Å²) in [5.41, 5.74) is 0.766. The maximum absolute atomic E-state index is 13.1. The molecule has 0 radical (unpaired) electrons. The van der Waals surface area contributed by atoms with Crippen molar-refractivity contribution >= 4 is 19.4 Å². The van der Waals surface area contributed by atoms with Crippen LogP contribution >= 0.6 is 0 Å². The van der Waals surface area contributed by atoms with Crippen LogP contribution in [0.5, 0.6) is 5.75 Å². The number of rotatable bonds is 13. The van der Waals surface area contributed by atoms with E-state index < -0.39 is 35.3 Å². The van der Waals surface area contributed by atoms with E-state index in [-0.39, 0.29) is 26.4 Å². The van der Waals surface area contributed by atoms with Gasteiger partial charge in [0.15, 0.2) is 0 Å². The SMILES string of the molecule is C=CCO[C@@H]1[C@@H]([Se]c2ccccc2)[C@H](n2ccc(=O)[nH]c2=O)O[C@@H]1COC(c1ccccc1)(c1ccccc1)c1ccc(OC)cc1. The van der Waals surface area contributed by atoms with Gasteiger partial charge in [0, 0.05) is 0 Å². The molecule has 0 bridgehead atoms. The molecule has 240 valence electrons. The van der Waals surface area contributed by atoms with Gasteiger partial charge >= 0.3 is 281 Å². The van der Waals surface area contributed by atoms with Crippen molar-refractivity contribution < 1.29 is 18.9 Å². The summed E-state index contributed by atoms with van der Waals surface area (Å²) in [5, 5.41) is 0. The van der Waals surface area contributed by atoms with Gasteiger partial charge in [-0.3, -0.25) is 0 Å². The van der Waals surface area contributed by atoms with Gasteiger partial charge in [0.1, 0.15) is 0 Å². The second-order valence-electron chi connectivity index (χ2n) is 11.0. The average Bonchev–Trinajstić information content (AvgIpc) is 3.45. The standard InChI is InChI=1S/C38H36N2O6Se/c1-3-25-44-34-32(46-36(40-24-23-33(41)39-37(40)42)35(34)47-31-17-11-6-12-18-31)26-45-38(27-13-7-4-8-14-27,28-15-9-5-10-16-28)29-19-21-30(43-2)22-20-29/h3-24,32,34-36H,1,25-26H2,2H3,(H,39,41,42)/t32-,34+,35-,36-/m1/s1. The first-order valence-corrected chi connectivity index (χ1v) is 17.2. The molecule has 1 aliphatic heterocycles. The van der Waals surface area contributed by atoms with Gasteiger partial charge in [0.05, 0.1) is 0 Å². The monoisotopic (exact) mass is 696 g/mol. The molecule has 9 heteroatoms. The van der Waals surface area contributed by atoms with Crippen molar-refractivity contribution in [3.8, 4) is 5.75 Å². The third-order valence-electron chi connectivity index (χ3n) is 8.15. The first kappa shape index (κ1) is 32.4. The predicted octanol–water partition coefficient (Wildman–Crippen LogP) is 4.84. The Bertz CT molecular complexity index is 1820. The first-order chi connectivity index (χ1) is 23.0. The molecule has 1 N–H and O–H groups in total. The van der Waals surface area contributed by atoms with E-state index in [4.69, 9.17) is 18.9 Å². The van der Waals surface area contributed by atoms with Crippen LogP contribution in [0.25, 0.3) is 0 Å². The molecule has 1 fully saturated rings. The Morgan fingerprint density at radius 3 is 2.02 bits per heavy atom. The molecule has 1 aliphatic rings. The van der Waals surface area contributed by atoms with Crippen molar-refractivity contribution in [3.63, 3.8) is 0 Å².